The van der Waals surface area contributed by atoms with Crippen molar-refractivity contribution in [2.75, 3.05) is 26.7 Å². The van der Waals surface area contributed by atoms with Gasteiger partial charge in [0.15, 0.2) is 0 Å². The zero-order valence-corrected chi connectivity index (χ0v) is 17.4. The summed E-state index contributed by atoms with van der Waals surface area (Å²) in [6, 6.07) is 7.56. The minimum Gasteiger partial charge on any atom is -0.465 e. The normalized spacial score (nSPS) is 16.5. The second-order valence-electron chi connectivity index (χ2n) is 7.18. The van der Waals surface area contributed by atoms with Gasteiger partial charge in [-0.1, -0.05) is 11.6 Å². The van der Waals surface area contributed by atoms with Crippen molar-refractivity contribution in [2.24, 2.45) is 0 Å². The Hall–Kier alpha value is -3.17. The Morgan fingerprint density at radius 2 is 2.16 bits per heavy atom. The van der Waals surface area contributed by atoms with E-state index >= 15 is 0 Å². The lowest BCUT2D eigenvalue weighted by Gasteiger charge is -2.31. The highest BCUT2D eigenvalue weighted by Gasteiger charge is 2.27. The maximum Gasteiger partial charge on any atom is 0.407 e. The number of carbonyl (C=O) groups excluding carboxylic acids is 1. The van der Waals surface area contributed by atoms with Crippen LogP contribution in [-0.4, -0.2) is 64.2 Å². The van der Waals surface area contributed by atoms with E-state index in [1.165, 1.54) is 24.1 Å². The zero-order chi connectivity index (χ0) is 22.1. The third-order valence-corrected chi connectivity index (χ3v) is 5.47. The van der Waals surface area contributed by atoms with Crippen molar-refractivity contribution in [3.8, 4) is 11.3 Å². The van der Waals surface area contributed by atoms with E-state index in [0.29, 0.717) is 35.0 Å². The highest BCUT2D eigenvalue weighted by molar-refractivity contribution is 6.30. The molecule has 1 fully saturated rings. The summed E-state index contributed by atoms with van der Waals surface area (Å²) in [5.41, 5.74) is 2.01. The van der Waals surface area contributed by atoms with Crippen molar-refractivity contribution in [3.05, 3.63) is 58.6 Å². The fraction of sp³-hybridized carbons (Fsp3) is 0.286. The molecule has 2 amide bonds. The minimum absolute atomic E-state index is 0.199. The van der Waals surface area contributed by atoms with Crippen LogP contribution in [0.3, 0.4) is 0 Å². The molecule has 0 aliphatic carbocycles. The van der Waals surface area contributed by atoms with Crippen LogP contribution in [0, 0.1) is 5.82 Å². The van der Waals surface area contributed by atoms with Crippen molar-refractivity contribution in [1.29, 1.82) is 0 Å². The number of halogens is 2. The molecule has 4 rings (SSSR count). The number of aromatic nitrogens is 2. The number of pyridine rings is 1. The molecule has 31 heavy (non-hydrogen) atoms. The number of amides is 2. The zero-order valence-electron chi connectivity index (χ0n) is 16.6. The van der Waals surface area contributed by atoms with E-state index in [4.69, 9.17) is 16.3 Å². The molecule has 2 N–H and O–H groups in total. The van der Waals surface area contributed by atoms with Crippen molar-refractivity contribution >= 4 is 29.2 Å². The standard InChI is InChI=1S/C21H20ClFN4O4/c1-24-20(28)12-2-3-15(16(23)8-12)19-17(27-5-4-13(22)9-18(27)25-19)10-14-11-26(21(29)30)6-7-31-14/h2-5,8-9,14H,6-7,10-11H2,1H3,(H,24,28)(H,29,30)/t14-/m0/s1. The molecule has 0 bridgehead atoms. The number of carbonyl (C=O) groups is 2. The molecule has 1 aromatic carbocycles. The van der Waals surface area contributed by atoms with Crippen LogP contribution >= 0.6 is 11.6 Å². The molecule has 0 radical (unpaired) electrons. The molecule has 3 aromatic rings. The van der Waals surface area contributed by atoms with E-state index in [2.05, 4.69) is 10.3 Å². The topological polar surface area (TPSA) is 96.2 Å². The summed E-state index contributed by atoms with van der Waals surface area (Å²) in [7, 11) is 1.47. The molecule has 162 valence electrons. The first kappa shape index (κ1) is 21.1. The SMILES string of the molecule is CNC(=O)c1ccc(-c2nc3cc(Cl)ccn3c2C[C@H]2CN(C(=O)O)CCO2)c(F)c1. The fourth-order valence-corrected chi connectivity index (χ4v) is 3.86. The van der Waals surface area contributed by atoms with Gasteiger partial charge < -0.3 is 24.5 Å². The predicted molar refractivity (Wildman–Crippen MR) is 112 cm³/mol. The molecule has 2 aromatic heterocycles. The number of fused-ring (bicyclic) bond motifs is 1. The van der Waals surface area contributed by atoms with E-state index < -0.39 is 23.9 Å². The van der Waals surface area contributed by atoms with Gasteiger partial charge in [-0.15, -0.1) is 0 Å². The van der Waals surface area contributed by atoms with Gasteiger partial charge in [0.25, 0.3) is 5.91 Å². The van der Waals surface area contributed by atoms with Crippen LogP contribution in [-0.2, 0) is 11.2 Å². The van der Waals surface area contributed by atoms with Crippen molar-refractivity contribution < 1.29 is 23.8 Å². The average Bonchev–Trinajstić information content (AvgIpc) is 3.10. The molecule has 1 saturated heterocycles. The van der Waals surface area contributed by atoms with Crippen LogP contribution < -0.4 is 5.32 Å². The molecule has 0 saturated carbocycles. The van der Waals surface area contributed by atoms with Gasteiger partial charge in [0.05, 0.1) is 30.6 Å². The van der Waals surface area contributed by atoms with Gasteiger partial charge in [-0.25, -0.2) is 14.2 Å². The highest BCUT2D eigenvalue weighted by atomic mass is 35.5. The van der Waals surface area contributed by atoms with Crippen LogP contribution in [0.1, 0.15) is 16.1 Å². The molecular formula is C21H20ClFN4O4. The Morgan fingerprint density at radius 3 is 2.87 bits per heavy atom. The monoisotopic (exact) mass is 446 g/mol. The lowest BCUT2D eigenvalue weighted by atomic mass is 10.0. The Bertz CT molecular complexity index is 1170. The number of hydrogen-bond acceptors (Lipinski definition) is 4. The molecule has 1 aliphatic rings. The van der Waals surface area contributed by atoms with Crippen molar-refractivity contribution in [3.63, 3.8) is 0 Å². The third-order valence-electron chi connectivity index (χ3n) is 5.23. The largest absolute Gasteiger partial charge is 0.465 e. The Kier molecular flexibility index (Phi) is 5.79. The van der Waals surface area contributed by atoms with Gasteiger partial charge >= 0.3 is 6.09 Å². The summed E-state index contributed by atoms with van der Waals surface area (Å²) in [6.07, 6.45) is 0.637. The van der Waals surface area contributed by atoms with Gasteiger partial charge in [0, 0.05) is 48.4 Å². The summed E-state index contributed by atoms with van der Waals surface area (Å²) < 4.78 is 22.6. The van der Waals surface area contributed by atoms with E-state index in [0.717, 1.165) is 6.07 Å². The van der Waals surface area contributed by atoms with Gasteiger partial charge in [-0.2, -0.15) is 0 Å². The maximum absolute atomic E-state index is 15.0. The number of benzene rings is 1. The van der Waals surface area contributed by atoms with Gasteiger partial charge in [-0.05, 0) is 24.3 Å². The lowest BCUT2D eigenvalue weighted by Crippen LogP contribution is -2.45. The number of ether oxygens (including phenoxy) is 1. The summed E-state index contributed by atoms with van der Waals surface area (Å²) in [4.78, 5) is 29.0. The number of hydrogen-bond donors (Lipinski definition) is 2. The quantitative estimate of drug-likeness (QED) is 0.642. The summed E-state index contributed by atoms with van der Waals surface area (Å²) >= 11 is 6.11. The summed E-state index contributed by atoms with van der Waals surface area (Å²) in [6.45, 7) is 0.786. The molecule has 8 nitrogen and oxygen atoms in total. The van der Waals surface area contributed by atoms with E-state index in [1.54, 1.807) is 22.7 Å². The van der Waals surface area contributed by atoms with Crippen molar-refractivity contribution in [2.45, 2.75) is 12.5 Å². The van der Waals surface area contributed by atoms with Crippen LogP contribution in [0.2, 0.25) is 5.02 Å². The van der Waals surface area contributed by atoms with Crippen LogP contribution in [0.5, 0.6) is 0 Å². The Morgan fingerprint density at radius 1 is 1.35 bits per heavy atom. The number of nitrogens with one attached hydrogen (secondary N) is 1. The Balaban J connectivity index is 1.77. The minimum atomic E-state index is -1.01. The molecule has 1 atom stereocenters. The van der Waals surface area contributed by atoms with E-state index in [-0.39, 0.29) is 24.3 Å². The second-order valence-corrected chi connectivity index (χ2v) is 7.62. The Labute approximate surface area is 182 Å². The van der Waals surface area contributed by atoms with Crippen LogP contribution in [0.25, 0.3) is 16.9 Å². The molecule has 10 heteroatoms. The van der Waals surface area contributed by atoms with Gasteiger partial charge in [0.1, 0.15) is 11.5 Å². The van der Waals surface area contributed by atoms with E-state index in [9.17, 15) is 19.1 Å². The third kappa shape index (κ3) is 4.19. The number of morpholine rings is 1. The molecule has 0 spiro atoms. The van der Waals surface area contributed by atoms with Gasteiger partial charge in [-0.3, -0.25) is 4.79 Å². The fourth-order valence-electron chi connectivity index (χ4n) is 3.71. The average molecular weight is 447 g/mol. The number of carboxylic acid groups (broad SMARTS) is 1. The first-order valence-electron chi connectivity index (χ1n) is 9.65. The summed E-state index contributed by atoms with van der Waals surface area (Å²) in [5.74, 6) is -0.981. The molecular weight excluding hydrogens is 427 g/mol. The first-order valence-corrected chi connectivity index (χ1v) is 10.0. The highest BCUT2D eigenvalue weighted by Crippen LogP contribution is 2.30. The van der Waals surface area contributed by atoms with Crippen molar-refractivity contribution in [1.82, 2.24) is 19.6 Å². The van der Waals surface area contributed by atoms with Crippen LogP contribution in [0.4, 0.5) is 9.18 Å². The predicted octanol–water partition coefficient (Wildman–Crippen LogP) is 3.07. The number of nitrogens with zero attached hydrogens (tertiary/aromatic N) is 3. The van der Waals surface area contributed by atoms with Crippen LogP contribution in [0.15, 0.2) is 36.5 Å². The maximum atomic E-state index is 15.0. The first-order chi connectivity index (χ1) is 14.9. The molecule has 3 heterocycles. The van der Waals surface area contributed by atoms with E-state index in [1.807, 2.05) is 0 Å². The number of rotatable bonds is 4. The lowest BCUT2D eigenvalue weighted by molar-refractivity contribution is -0.0214. The molecule has 1 aliphatic heterocycles. The molecule has 0 unspecified atom stereocenters. The summed E-state index contributed by atoms with van der Waals surface area (Å²) in [5, 5.41) is 12.2. The smallest absolute Gasteiger partial charge is 0.407 e. The number of imidazole rings is 1. The van der Waals surface area contributed by atoms with Gasteiger partial charge in [0.2, 0.25) is 0 Å². The second kappa shape index (κ2) is 8.52.